The van der Waals surface area contributed by atoms with Gasteiger partial charge in [0.1, 0.15) is 12.7 Å². The van der Waals surface area contributed by atoms with E-state index in [1.165, 1.54) is 6.21 Å². The van der Waals surface area contributed by atoms with Crippen molar-refractivity contribution in [1.29, 1.82) is 0 Å². The second kappa shape index (κ2) is 9.49. The summed E-state index contributed by atoms with van der Waals surface area (Å²) in [6, 6.07) is 0. The molecule has 0 unspecified atom stereocenters. The molecule has 0 radical (unpaired) electrons. The van der Waals surface area contributed by atoms with Crippen LogP contribution in [0.15, 0.2) is 16.8 Å². The minimum Gasteiger partial charge on any atom is -0.458 e. The van der Waals surface area contributed by atoms with Crippen molar-refractivity contribution in [3.8, 4) is 0 Å². The average molecular weight is 550 g/mol. The molecular weight excluding hydrogens is 506 g/mol. The summed E-state index contributed by atoms with van der Waals surface area (Å²) in [7, 11) is 0. The van der Waals surface area contributed by atoms with Gasteiger partial charge in [0.2, 0.25) is 0 Å². The van der Waals surface area contributed by atoms with Crippen LogP contribution in [0.4, 0.5) is 0 Å². The molecule has 6 rings (SSSR count). The van der Waals surface area contributed by atoms with E-state index in [-0.39, 0.29) is 36.2 Å². The summed E-state index contributed by atoms with van der Waals surface area (Å²) in [5, 5.41) is 58.2. The van der Waals surface area contributed by atoms with Crippen LogP contribution in [-0.4, -0.2) is 86.3 Å². The zero-order chi connectivity index (χ0) is 27.8. The lowest BCUT2D eigenvalue weighted by Gasteiger charge is -2.65. The molecule has 2 aliphatic heterocycles. The monoisotopic (exact) mass is 549 g/mol. The highest BCUT2D eigenvalue weighted by Crippen LogP contribution is 2.70. The Balaban J connectivity index is 1.24. The molecule has 10 heteroatoms. The number of rotatable bonds is 4. The first kappa shape index (κ1) is 27.6. The minimum atomic E-state index is -1.18. The van der Waals surface area contributed by atoms with Gasteiger partial charge in [-0.3, -0.25) is 0 Å². The highest BCUT2D eigenvalue weighted by Gasteiger charge is 2.71. The maximum atomic E-state index is 12.4. The quantitative estimate of drug-likeness (QED) is 0.116. The molecule has 0 aromatic heterocycles. The molecule has 0 bridgehead atoms. The van der Waals surface area contributed by atoms with Crippen LogP contribution >= 0.6 is 0 Å². The number of hydrogen-bond donors (Lipinski definition) is 5. The molecule has 2 heterocycles. The van der Waals surface area contributed by atoms with E-state index in [1.54, 1.807) is 13.0 Å². The van der Waals surface area contributed by atoms with Gasteiger partial charge in [0.25, 0.3) is 0 Å². The van der Waals surface area contributed by atoms with E-state index in [0.717, 1.165) is 24.8 Å². The Kier molecular flexibility index (Phi) is 6.72. The van der Waals surface area contributed by atoms with Gasteiger partial charge in [0, 0.05) is 29.7 Å². The molecule has 0 spiro atoms. The Labute approximate surface area is 229 Å². The Morgan fingerprint density at radius 2 is 1.85 bits per heavy atom. The molecule has 218 valence electrons. The topological polar surface area (TPSA) is 158 Å². The SMILES string of the molecule is C[C@@H]1O[C@H](O[C@@H]2CC[C@]3(/C=N\O)[C@H]4CC[C@]5(C)[C@H](C6=CC(=O)OC6)CC[C@]5(O)[C@@H]4CC[C@]3(O)C2)C[C@H](O)[C@@H]1O. The number of aliphatic hydroxyl groups excluding tert-OH is 2. The third-order valence-corrected chi connectivity index (χ3v) is 11.9. The van der Waals surface area contributed by atoms with Gasteiger partial charge in [-0.1, -0.05) is 6.92 Å². The van der Waals surface area contributed by atoms with Gasteiger partial charge in [-0.2, -0.15) is 0 Å². The number of cyclic esters (lactones) is 1. The van der Waals surface area contributed by atoms with Crippen molar-refractivity contribution in [2.45, 2.75) is 120 Å². The number of nitrogens with zero attached hydrogens (tertiary/aromatic N) is 1. The van der Waals surface area contributed by atoms with E-state index in [4.69, 9.17) is 14.2 Å². The maximum Gasteiger partial charge on any atom is 0.331 e. The van der Waals surface area contributed by atoms with Gasteiger partial charge < -0.3 is 39.8 Å². The lowest BCUT2D eigenvalue weighted by molar-refractivity contribution is -0.282. The molecule has 1 saturated heterocycles. The highest BCUT2D eigenvalue weighted by molar-refractivity contribution is 5.85. The Morgan fingerprint density at radius 3 is 2.54 bits per heavy atom. The fourth-order valence-corrected chi connectivity index (χ4v) is 9.89. The molecule has 6 aliphatic rings. The molecule has 4 aliphatic carbocycles. The summed E-state index contributed by atoms with van der Waals surface area (Å²) >= 11 is 0. The number of carbonyl (C=O) groups is 1. The normalized spacial score (nSPS) is 53.6. The Morgan fingerprint density at radius 1 is 1.08 bits per heavy atom. The van der Waals surface area contributed by atoms with Gasteiger partial charge in [-0.05, 0) is 81.6 Å². The Bertz CT molecular complexity index is 1040. The summed E-state index contributed by atoms with van der Waals surface area (Å²) in [5.41, 5.74) is -2.37. The van der Waals surface area contributed by atoms with Gasteiger partial charge in [-0.25, -0.2) is 4.79 Å². The predicted molar refractivity (Wildman–Crippen MR) is 138 cm³/mol. The minimum absolute atomic E-state index is 0.0664. The van der Waals surface area contributed by atoms with Crippen molar-refractivity contribution in [2.75, 3.05) is 6.61 Å². The summed E-state index contributed by atoms with van der Waals surface area (Å²) in [6.07, 6.45) is 5.36. The summed E-state index contributed by atoms with van der Waals surface area (Å²) in [5.74, 6) is -0.372. The molecule has 5 fully saturated rings. The number of oxime groups is 1. The fourth-order valence-electron chi connectivity index (χ4n) is 9.89. The van der Waals surface area contributed by atoms with Gasteiger partial charge in [0.15, 0.2) is 6.29 Å². The van der Waals surface area contributed by atoms with Crippen LogP contribution in [0.3, 0.4) is 0 Å². The molecule has 12 atom stereocenters. The molecular formula is C29H43NO9. The zero-order valence-electron chi connectivity index (χ0n) is 22.9. The van der Waals surface area contributed by atoms with Crippen LogP contribution in [0.25, 0.3) is 0 Å². The van der Waals surface area contributed by atoms with Gasteiger partial charge >= 0.3 is 5.97 Å². The lowest BCUT2D eigenvalue weighted by Crippen LogP contribution is -2.69. The first-order valence-electron chi connectivity index (χ1n) is 14.6. The van der Waals surface area contributed by atoms with Crippen LogP contribution in [-0.2, 0) is 19.0 Å². The second-order valence-corrected chi connectivity index (χ2v) is 13.4. The van der Waals surface area contributed by atoms with E-state index in [2.05, 4.69) is 12.1 Å². The number of fused-ring (bicyclic) bond motifs is 5. The lowest BCUT2D eigenvalue weighted by atomic mass is 9.41. The molecule has 10 nitrogen and oxygen atoms in total. The standard InChI is InChI=1S/C29H43NO9/c1-16-25(33)22(31)12-24(38-16)39-18-3-8-27(15-30-36)20-4-7-26(2)19(17-11-23(32)37-14-17)6-10-29(26,35)21(20)5-9-28(27,34)13-18/h11,15-16,18-22,24-25,31,33-36H,3-10,12-14H2,1-2H3/b30-15-/t16-,18+,19-,20-,21+,22-,24+,25+,26+,27-,28-,29-/m0/s1. The van der Waals surface area contributed by atoms with Crippen molar-refractivity contribution >= 4 is 12.2 Å². The van der Waals surface area contributed by atoms with Crippen LogP contribution < -0.4 is 0 Å². The molecule has 0 aromatic rings. The summed E-state index contributed by atoms with van der Waals surface area (Å²) < 4.78 is 17.2. The van der Waals surface area contributed by atoms with Crippen molar-refractivity contribution in [1.82, 2.24) is 0 Å². The maximum absolute atomic E-state index is 12.4. The van der Waals surface area contributed by atoms with Crippen LogP contribution in [0.5, 0.6) is 0 Å². The van der Waals surface area contributed by atoms with Crippen molar-refractivity contribution < 1.29 is 44.6 Å². The molecule has 0 aromatic carbocycles. The van der Waals surface area contributed by atoms with Crippen molar-refractivity contribution in [3.05, 3.63) is 11.6 Å². The zero-order valence-corrected chi connectivity index (χ0v) is 22.9. The number of aliphatic hydroxyl groups is 4. The molecule has 5 N–H and O–H groups in total. The number of carbonyl (C=O) groups excluding carboxylic acids is 1. The van der Waals surface area contributed by atoms with E-state index in [9.17, 15) is 30.4 Å². The third kappa shape index (κ3) is 3.96. The Hall–Kier alpha value is -1.56. The van der Waals surface area contributed by atoms with E-state index >= 15 is 0 Å². The average Bonchev–Trinajstić information content (AvgIpc) is 3.42. The van der Waals surface area contributed by atoms with Crippen LogP contribution in [0, 0.1) is 28.6 Å². The predicted octanol–water partition coefficient (Wildman–Crippen LogP) is 2.04. The van der Waals surface area contributed by atoms with E-state index in [0.29, 0.717) is 45.1 Å². The van der Waals surface area contributed by atoms with Gasteiger partial charge in [-0.15, -0.1) is 5.16 Å². The molecule has 39 heavy (non-hydrogen) atoms. The smallest absolute Gasteiger partial charge is 0.331 e. The number of ether oxygens (including phenoxy) is 3. The third-order valence-electron chi connectivity index (χ3n) is 11.9. The number of esters is 1. The van der Waals surface area contributed by atoms with Crippen molar-refractivity contribution in [3.63, 3.8) is 0 Å². The molecule has 0 amide bonds. The summed E-state index contributed by atoms with van der Waals surface area (Å²) in [4.78, 5) is 11.8. The number of hydrogen-bond acceptors (Lipinski definition) is 10. The van der Waals surface area contributed by atoms with E-state index < -0.39 is 46.6 Å². The van der Waals surface area contributed by atoms with Crippen LogP contribution in [0.2, 0.25) is 0 Å². The van der Waals surface area contributed by atoms with Gasteiger partial charge in [0.05, 0.1) is 35.7 Å². The second-order valence-electron chi connectivity index (χ2n) is 13.4. The molecule has 4 saturated carbocycles. The highest BCUT2D eigenvalue weighted by atomic mass is 16.7. The summed E-state index contributed by atoms with van der Waals surface area (Å²) in [6.45, 7) is 4.15. The first-order chi connectivity index (χ1) is 18.5. The first-order valence-corrected chi connectivity index (χ1v) is 14.6. The largest absolute Gasteiger partial charge is 0.458 e. The van der Waals surface area contributed by atoms with E-state index in [1.807, 2.05) is 0 Å². The fraction of sp³-hybridized carbons (Fsp3) is 0.862. The van der Waals surface area contributed by atoms with Crippen LogP contribution in [0.1, 0.15) is 78.1 Å². The van der Waals surface area contributed by atoms with Crippen molar-refractivity contribution in [2.24, 2.45) is 33.7 Å².